The molecule has 1 N–H and O–H groups in total. The number of hydrogen-bond donors (Lipinski definition) is 1. The van der Waals surface area contributed by atoms with Gasteiger partial charge in [0, 0.05) is 13.5 Å². The Morgan fingerprint density at radius 2 is 2.33 bits per heavy atom. The molecule has 15 heavy (non-hydrogen) atoms. The molecular weight excluding hydrogens is 188 g/mol. The monoisotopic (exact) mass is 202 g/mol. The van der Waals surface area contributed by atoms with Crippen molar-refractivity contribution in [3.05, 3.63) is 35.4 Å². The van der Waals surface area contributed by atoms with Crippen molar-refractivity contribution in [2.24, 2.45) is 0 Å². The van der Waals surface area contributed by atoms with Gasteiger partial charge in [0.2, 0.25) is 5.91 Å². The Balaban J connectivity index is 2.84. The first kappa shape index (κ1) is 11.3. The molecule has 0 aliphatic heterocycles. The molecule has 1 atom stereocenters. The maximum absolute atomic E-state index is 11.2. The van der Waals surface area contributed by atoms with E-state index in [9.17, 15) is 4.79 Å². The molecule has 0 saturated carbocycles. The average Bonchev–Trinajstić information content (AvgIpc) is 2.25. The maximum Gasteiger partial charge on any atom is 0.221 e. The Hall–Kier alpha value is -1.82. The molecule has 3 nitrogen and oxygen atoms in total. The summed E-state index contributed by atoms with van der Waals surface area (Å²) in [4.78, 5) is 11.2. The van der Waals surface area contributed by atoms with Gasteiger partial charge >= 0.3 is 0 Å². The van der Waals surface area contributed by atoms with Gasteiger partial charge in [0.05, 0.1) is 12.0 Å². The van der Waals surface area contributed by atoms with Gasteiger partial charge in [0.1, 0.15) is 0 Å². The first-order chi connectivity index (χ1) is 7.17. The largest absolute Gasteiger partial charge is 0.359 e. The highest BCUT2D eigenvalue weighted by atomic mass is 16.1. The highest BCUT2D eigenvalue weighted by Crippen LogP contribution is 2.19. The van der Waals surface area contributed by atoms with Gasteiger partial charge in [0.15, 0.2) is 0 Å². The van der Waals surface area contributed by atoms with Crippen LogP contribution in [-0.4, -0.2) is 13.0 Å². The maximum atomic E-state index is 11.2. The van der Waals surface area contributed by atoms with Crippen molar-refractivity contribution in [1.82, 2.24) is 5.32 Å². The van der Waals surface area contributed by atoms with Crippen LogP contribution in [0.3, 0.4) is 0 Å². The Morgan fingerprint density at radius 3 is 2.87 bits per heavy atom. The molecule has 78 valence electrons. The molecule has 0 spiro atoms. The summed E-state index contributed by atoms with van der Waals surface area (Å²) in [6, 6.07) is 9.84. The summed E-state index contributed by atoms with van der Waals surface area (Å²) in [7, 11) is 1.58. The second-order valence-electron chi connectivity index (χ2n) is 3.47. The number of nitrogens with zero attached hydrogens (tertiary/aromatic N) is 1. The Labute approximate surface area is 89.7 Å². The standard InChI is InChI=1S/C12H14N2O/c1-9-4-3-5-10(6-9)11(8-13)7-12(15)14-2/h3-6,11H,7H2,1-2H3,(H,14,15). The fraction of sp³-hybridized carbons (Fsp3) is 0.333. The fourth-order valence-corrected chi connectivity index (χ4v) is 1.41. The van der Waals surface area contributed by atoms with Crippen molar-refractivity contribution in [2.75, 3.05) is 7.05 Å². The number of benzene rings is 1. The van der Waals surface area contributed by atoms with Crippen molar-refractivity contribution in [3.8, 4) is 6.07 Å². The van der Waals surface area contributed by atoms with Gasteiger partial charge in [-0.25, -0.2) is 0 Å². The normalized spacial score (nSPS) is 11.5. The van der Waals surface area contributed by atoms with Crippen LogP contribution >= 0.6 is 0 Å². The van der Waals surface area contributed by atoms with E-state index in [1.165, 1.54) is 0 Å². The summed E-state index contributed by atoms with van der Waals surface area (Å²) in [6.07, 6.45) is 0.219. The highest BCUT2D eigenvalue weighted by molar-refractivity contribution is 5.77. The van der Waals surface area contributed by atoms with Crippen LogP contribution in [0.15, 0.2) is 24.3 Å². The van der Waals surface area contributed by atoms with Gasteiger partial charge in [-0.05, 0) is 12.5 Å². The van der Waals surface area contributed by atoms with E-state index >= 15 is 0 Å². The number of rotatable bonds is 3. The molecule has 0 heterocycles. The molecule has 0 fully saturated rings. The van der Waals surface area contributed by atoms with Crippen molar-refractivity contribution in [2.45, 2.75) is 19.3 Å². The van der Waals surface area contributed by atoms with Gasteiger partial charge in [-0.2, -0.15) is 5.26 Å². The molecule has 0 saturated heterocycles. The van der Waals surface area contributed by atoms with Gasteiger partial charge in [-0.15, -0.1) is 0 Å². The number of carbonyl (C=O) groups is 1. The van der Waals surface area contributed by atoms with E-state index in [0.29, 0.717) is 0 Å². The smallest absolute Gasteiger partial charge is 0.221 e. The van der Waals surface area contributed by atoms with Crippen molar-refractivity contribution < 1.29 is 4.79 Å². The number of amides is 1. The molecule has 0 radical (unpaired) electrons. The van der Waals surface area contributed by atoms with E-state index in [1.807, 2.05) is 31.2 Å². The van der Waals surface area contributed by atoms with Crippen LogP contribution in [0.4, 0.5) is 0 Å². The van der Waals surface area contributed by atoms with Gasteiger partial charge in [-0.3, -0.25) is 4.79 Å². The predicted molar refractivity (Wildman–Crippen MR) is 58.2 cm³/mol. The average molecular weight is 202 g/mol. The molecule has 0 bridgehead atoms. The third-order valence-corrected chi connectivity index (χ3v) is 2.27. The lowest BCUT2D eigenvalue weighted by Gasteiger charge is -2.08. The quantitative estimate of drug-likeness (QED) is 0.811. The predicted octanol–water partition coefficient (Wildman–Crippen LogP) is 1.74. The highest BCUT2D eigenvalue weighted by Gasteiger charge is 2.14. The summed E-state index contributed by atoms with van der Waals surface area (Å²) >= 11 is 0. The molecule has 0 aliphatic rings. The van der Waals surface area contributed by atoms with Crippen LogP contribution in [0.2, 0.25) is 0 Å². The summed E-state index contributed by atoms with van der Waals surface area (Å²) in [5.74, 6) is -0.465. The van der Waals surface area contributed by atoms with Crippen LogP contribution in [0, 0.1) is 18.3 Å². The van der Waals surface area contributed by atoms with Gasteiger partial charge < -0.3 is 5.32 Å². The molecule has 1 aromatic carbocycles. The third kappa shape index (κ3) is 3.10. The number of aryl methyl sites for hydroxylation is 1. The minimum atomic E-state index is -0.357. The van der Waals surface area contributed by atoms with Gasteiger partial charge in [-0.1, -0.05) is 29.8 Å². The molecule has 1 rings (SSSR count). The molecule has 1 unspecified atom stereocenters. The second-order valence-corrected chi connectivity index (χ2v) is 3.47. The van der Waals surface area contributed by atoms with E-state index in [-0.39, 0.29) is 18.2 Å². The summed E-state index contributed by atoms with van der Waals surface area (Å²) in [6.45, 7) is 1.97. The van der Waals surface area contributed by atoms with E-state index < -0.39 is 0 Å². The molecule has 1 aromatic rings. The molecule has 3 heteroatoms. The first-order valence-corrected chi connectivity index (χ1v) is 4.84. The summed E-state index contributed by atoms with van der Waals surface area (Å²) in [5.41, 5.74) is 2.01. The zero-order valence-electron chi connectivity index (χ0n) is 8.95. The minimum absolute atomic E-state index is 0.108. The van der Waals surface area contributed by atoms with Crippen LogP contribution in [-0.2, 0) is 4.79 Å². The van der Waals surface area contributed by atoms with Crippen molar-refractivity contribution >= 4 is 5.91 Å². The van der Waals surface area contributed by atoms with Gasteiger partial charge in [0.25, 0.3) is 0 Å². The first-order valence-electron chi connectivity index (χ1n) is 4.84. The molecular formula is C12H14N2O. The van der Waals surface area contributed by atoms with Crippen LogP contribution in [0.1, 0.15) is 23.5 Å². The number of carbonyl (C=O) groups excluding carboxylic acids is 1. The van der Waals surface area contributed by atoms with E-state index in [0.717, 1.165) is 11.1 Å². The lowest BCUT2D eigenvalue weighted by atomic mass is 9.95. The van der Waals surface area contributed by atoms with Crippen molar-refractivity contribution in [1.29, 1.82) is 5.26 Å². The lowest BCUT2D eigenvalue weighted by Crippen LogP contribution is -2.20. The number of hydrogen-bond acceptors (Lipinski definition) is 2. The summed E-state index contributed by atoms with van der Waals surface area (Å²) < 4.78 is 0. The Kier molecular flexibility index (Phi) is 3.87. The van der Waals surface area contributed by atoms with Crippen LogP contribution in [0.25, 0.3) is 0 Å². The second kappa shape index (κ2) is 5.16. The summed E-state index contributed by atoms with van der Waals surface area (Å²) in [5, 5.41) is 11.5. The van der Waals surface area contributed by atoms with E-state index in [4.69, 9.17) is 5.26 Å². The topological polar surface area (TPSA) is 52.9 Å². The Bertz CT molecular complexity index is 393. The zero-order valence-corrected chi connectivity index (χ0v) is 8.95. The minimum Gasteiger partial charge on any atom is -0.359 e. The van der Waals surface area contributed by atoms with Crippen molar-refractivity contribution in [3.63, 3.8) is 0 Å². The number of nitriles is 1. The fourth-order valence-electron chi connectivity index (χ4n) is 1.41. The number of nitrogens with one attached hydrogen (secondary N) is 1. The SMILES string of the molecule is CNC(=O)CC(C#N)c1cccc(C)c1. The van der Waals surface area contributed by atoms with Crippen LogP contribution < -0.4 is 5.32 Å². The molecule has 0 aromatic heterocycles. The molecule has 1 amide bonds. The van der Waals surface area contributed by atoms with E-state index in [2.05, 4.69) is 11.4 Å². The zero-order chi connectivity index (χ0) is 11.3. The Morgan fingerprint density at radius 1 is 1.60 bits per heavy atom. The van der Waals surface area contributed by atoms with E-state index in [1.54, 1.807) is 7.05 Å². The molecule has 0 aliphatic carbocycles. The third-order valence-electron chi connectivity index (χ3n) is 2.27. The lowest BCUT2D eigenvalue weighted by molar-refractivity contribution is -0.120. The van der Waals surface area contributed by atoms with Crippen LogP contribution in [0.5, 0.6) is 0 Å².